The van der Waals surface area contributed by atoms with Gasteiger partial charge in [-0.15, -0.1) is 0 Å². The Morgan fingerprint density at radius 3 is 2.64 bits per heavy atom. The van der Waals surface area contributed by atoms with Crippen LogP contribution in [0.3, 0.4) is 0 Å². The topological polar surface area (TPSA) is 60.4 Å². The first-order valence-electron chi connectivity index (χ1n) is 4.66. The van der Waals surface area contributed by atoms with Gasteiger partial charge in [-0.1, -0.05) is 24.3 Å². The Labute approximate surface area is 83.0 Å². The molecule has 3 heteroatoms. The second kappa shape index (κ2) is 5.40. The number of hydrogen-bond donors (Lipinski definition) is 1. The van der Waals surface area contributed by atoms with E-state index in [2.05, 4.69) is 0 Å². The van der Waals surface area contributed by atoms with E-state index in [1.54, 1.807) is 24.3 Å². The molecule has 0 unspecified atom stereocenters. The van der Waals surface area contributed by atoms with Crippen molar-refractivity contribution in [1.29, 1.82) is 0 Å². The molecule has 3 nitrogen and oxygen atoms in total. The number of aliphatic hydroxyl groups is 1. The standard InChI is InChI=1S/C11H14O3/c12-8-4-3-6-9-5-1-2-7-10(9)11(13)14/h1-2,5,7,12H,3-4,6,8H2,(H,13,14)/p-1. The van der Waals surface area contributed by atoms with E-state index in [0.717, 1.165) is 12.0 Å². The van der Waals surface area contributed by atoms with E-state index in [9.17, 15) is 9.90 Å². The number of carbonyl (C=O) groups excluding carboxylic acids is 1. The van der Waals surface area contributed by atoms with E-state index in [1.165, 1.54) is 0 Å². The summed E-state index contributed by atoms with van der Waals surface area (Å²) in [7, 11) is 0. The van der Waals surface area contributed by atoms with Crippen molar-refractivity contribution >= 4 is 5.97 Å². The first kappa shape index (κ1) is 10.7. The van der Waals surface area contributed by atoms with Crippen molar-refractivity contribution in [3.8, 4) is 0 Å². The molecule has 0 bridgehead atoms. The van der Waals surface area contributed by atoms with Crippen molar-refractivity contribution in [1.82, 2.24) is 0 Å². The Morgan fingerprint density at radius 1 is 1.29 bits per heavy atom. The highest BCUT2D eigenvalue weighted by molar-refractivity contribution is 5.87. The minimum Gasteiger partial charge on any atom is -0.545 e. The lowest BCUT2D eigenvalue weighted by atomic mass is 10.0. The molecule has 0 fully saturated rings. The van der Waals surface area contributed by atoms with Gasteiger partial charge >= 0.3 is 0 Å². The molecule has 1 aromatic carbocycles. The quantitative estimate of drug-likeness (QED) is 0.687. The number of unbranched alkanes of at least 4 members (excludes halogenated alkanes) is 1. The number of aliphatic hydroxyl groups excluding tert-OH is 1. The molecule has 1 N–H and O–H groups in total. The number of rotatable bonds is 5. The van der Waals surface area contributed by atoms with Crippen LogP contribution in [0.15, 0.2) is 24.3 Å². The van der Waals surface area contributed by atoms with Gasteiger partial charge in [0.15, 0.2) is 0 Å². The van der Waals surface area contributed by atoms with Crippen LogP contribution in [-0.2, 0) is 6.42 Å². The molecular formula is C11H13O3-. The van der Waals surface area contributed by atoms with Crippen molar-refractivity contribution in [3.63, 3.8) is 0 Å². The molecule has 1 aromatic rings. The third-order valence-electron chi connectivity index (χ3n) is 2.09. The maximum Gasteiger partial charge on any atom is 0.0718 e. The molecule has 0 heterocycles. The molecule has 0 radical (unpaired) electrons. The van der Waals surface area contributed by atoms with E-state index in [4.69, 9.17) is 5.11 Å². The van der Waals surface area contributed by atoms with Crippen LogP contribution in [0.4, 0.5) is 0 Å². The molecule has 0 saturated carbocycles. The SMILES string of the molecule is O=C([O-])c1ccccc1CCCCO. The maximum absolute atomic E-state index is 10.7. The van der Waals surface area contributed by atoms with Crippen LogP contribution in [0.5, 0.6) is 0 Å². The molecular weight excluding hydrogens is 180 g/mol. The van der Waals surface area contributed by atoms with Crippen LogP contribution in [0.25, 0.3) is 0 Å². The molecule has 0 spiro atoms. The van der Waals surface area contributed by atoms with E-state index < -0.39 is 5.97 Å². The predicted octanol–water partition coefficient (Wildman–Crippen LogP) is 0.365. The Balaban J connectivity index is 2.69. The van der Waals surface area contributed by atoms with Gasteiger partial charge in [0.2, 0.25) is 0 Å². The Morgan fingerprint density at radius 2 is 2.00 bits per heavy atom. The fourth-order valence-electron chi connectivity index (χ4n) is 1.36. The van der Waals surface area contributed by atoms with Crippen LogP contribution in [0, 0.1) is 0 Å². The average Bonchev–Trinajstić information content (AvgIpc) is 2.19. The zero-order valence-electron chi connectivity index (χ0n) is 7.90. The van der Waals surface area contributed by atoms with Gasteiger partial charge in [0.1, 0.15) is 0 Å². The molecule has 0 saturated heterocycles. The largest absolute Gasteiger partial charge is 0.545 e. The highest BCUT2D eigenvalue weighted by Gasteiger charge is 2.01. The van der Waals surface area contributed by atoms with E-state index in [0.29, 0.717) is 12.8 Å². The highest BCUT2D eigenvalue weighted by atomic mass is 16.4. The minimum atomic E-state index is -1.13. The molecule has 76 valence electrons. The Bertz CT molecular complexity index is 307. The molecule has 0 aromatic heterocycles. The number of carbonyl (C=O) groups is 1. The first-order valence-corrected chi connectivity index (χ1v) is 4.66. The second-order valence-corrected chi connectivity index (χ2v) is 3.13. The molecule has 0 aliphatic carbocycles. The summed E-state index contributed by atoms with van der Waals surface area (Å²) in [6.45, 7) is 0.146. The number of hydrogen-bond acceptors (Lipinski definition) is 3. The molecule has 0 atom stereocenters. The van der Waals surface area contributed by atoms with Gasteiger partial charge in [-0.25, -0.2) is 0 Å². The maximum atomic E-state index is 10.7. The highest BCUT2D eigenvalue weighted by Crippen LogP contribution is 2.10. The summed E-state index contributed by atoms with van der Waals surface area (Å²) >= 11 is 0. The summed E-state index contributed by atoms with van der Waals surface area (Å²) < 4.78 is 0. The number of aromatic carboxylic acids is 1. The van der Waals surface area contributed by atoms with Crippen molar-refractivity contribution in [2.75, 3.05) is 6.61 Å². The molecule has 0 amide bonds. The summed E-state index contributed by atoms with van der Waals surface area (Å²) in [4.78, 5) is 10.7. The van der Waals surface area contributed by atoms with Gasteiger partial charge in [-0.2, -0.15) is 0 Å². The summed E-state index contributed by atoms with van der Waals surface area (Å²) in [5, 5.41) is 19.3. The lowest BCUT2D eigenvalue weighted by molar-refractivity contribution is -0.255. The van der Waals surface area contributed by atoms with Crippen molar-refractivity contribution < 1.29 is 15.0 Å². The third kappa shape index (κ3) is 2.85. The summed E-state index contributed by atoms with van der Waals surface area (Å²) in [5.74, 6) is -1.13. The number of benzene rings is 1. The summed E-state index contributed by atoms with van der Waals surface area (Å²) in [6, 6.07) is 6.81. The minimum absolute atomic E-state index is 0.146. The van der Waals surface area contributed by atoms with Crippen LogP contribution in [0.1, 0.15) is 28.8 Å². The van der Waals surface area contributed by atoms with E-state index in [-0.39, 0.29) is 12.2 Å². The van der Waals surface area contributed by atoms with Crippen LogP contribution in [0.2, 0.25) is 0 Å². The third-order valence-corrected chi connectivity index (χ3v) is 2.09. The van der Waals surface area contributed by atoms with Gasteiger partial charge in [0.05, 0.1) is 5.97 Å². The van der Waals surface area contributed by atoms with Crippen molar-refractivity contribution in [3.05, 3.63) is 35.4 Å². The number of aryl methyl sites for hydroxylation is 1. The zero-order chi connectivity index (χ0) is 10.4. The van der Waals surface area contributed by atoms with Gasteiger partial charge in [-0.3, -0.25) is 0 Å². The van der Waals surface area contributed by atoms with Gasteiger partial charge in [0.25, 0.3) is 0 Å². The monoisotopic (exact) mass is 193 g/mol. The number of carboxylic acids is 1. The zero-order valence-corrected chi connectivity index (χ0v) is 7.90. The summed E-state index contributed by atoms with van der Waals surface area (Å²) in [5.41, 5.74) is 1.03. The summed E-state index contributed by atoms with van der Waals surface area (Å²) in [6.07, 6.45) is 2.16. The second-order valence-electron chi connectivity index (χ2n) is 3.13. The fourth-order valence-corrected chi connectivity index (χ4v) is 1.36. The van der Waals surface area contributed by atoms with Gasteiger partial charge in [-0.05, 0) is 24.8 Å². The molecule has 1 rings (SSSR count). The molecule has 14 heavy (non-hydrogen) atoms. The Kier molecular flexibility index (Phi) is 4.13. The average molecular weight is 193 g/mol. The fraction of sp³-hybridized carbons (Fsp3) is 0.364. The van der Waals surface area contributed by atoms with Crippen LogP contribution < -0.4 is 5.11 Å². The predicted molar refractivity (Wildman–Crippen MR) is 50.8 cm³/mol. The van der Waals surface area contributed by atoms with Crippen LogP contribution in [-0.4, -0.2) is 17.7 Å². The van der Waals surface area contributed by atoms with Gasteiger partial charge in [0, 0.05) is 12.2 Å². The van der Waals surface area contributed by atoms with E-state index in [1.807, 2.05) is 0 Å². The molecule has 0 aliphatic heterocycles. The normalized spacial score (nSPS) is 10.1. The lowest BCUT2D eigenvalue weighted by Crippen LogP contribution is -2.23. The smallest absolute Gasteiger partial charge is 0.0718 e. The number of carboxylic acid groups (broad SMARTS) is 1. The molecule has 0 aliphatic rings. The lowest BCUT2D eigenvalue weighted by Gasteiger charge is -2.09. The Hall–Kier alpha value is -1.35. The first-order chi connectivity index (χ1) is 6.75. The van der Waals surface area contributed by atoms with Crippen molar-refractivity contribution in [2.24, 2.45) is 0 Å². The van der Waals surface area contributed by atoms with Gasteiger partial charge < -0.3 is 15.0 Å². The van der Waals surface area contributed by atoms with Crippen molar-refractivity contribution in [2.45, 2.75) is 19.3 Å². The van der Waals surface area contributed by atoms with Crippen LogP contribution >= 0.6 is 0 Å². The van der Waals surface area contributed by atoms with E-state index >= 15 is 0 Å².